The molecule has 31 heavy (non-hydrogen) atoms. The Morgan fingerprint density at radius 2 is 1.61 bits per heavy atom. The summed E-state index contributed by atoms with van der Waals surface area (Å²) in [7, 11) is -3.75. The van der Waals surface area contributed by atoms with Crippen molar-refractivity contribution in [3.63, 3.8) is 0 Å². The molecule has 7 nitrogen and oxygen atoms in total. The SMILES string of the molecule is Cc1ccc(S(=O)(=O)N2CCC(O)(C(=O)Nc3ccc(OC(F)(F)F)cc3)CC2)cc1. The van der Waals surface area contributed by atoms with Crippen LogP contribution in [0.4, 0.5) is 18.9 Å². The highest BCUT2D eigenvalue weighted by atomic mass is 32.2. The standard InChI is InChI=1S/C20H21F3N2O5S/c1-14-2-8-17(9-3-14)31(28,29)25-12-10-19(27,11-13-25)18(26)24-15-4-6-16(7-5-15)30-20(21,22)23/h2-9,27H,10-13H2,1H3,(H,24,26). The number of anilines is 1. The smallest absolute Gasteiger partial charge is 0.406 e. The number of benzene rings is 2. The molecular formula is C20H21F3N2O5S. The number of carbonyl (C=O) groups excluding carboxylic acids is 1. The topological polar surface area (TPSA) is 95.9 Å². The summed E-state index contributed by atoms with van der Waals surface area (Å²) in [4.78, 5) is 12.7. The Balaban J connectivity index is 1.62. The molecule has 1 aliphatic heterocycles. The molecule has 3 rings (SSSR count). The van der Waals surface area contributed by atoms with Crippen molar-refractivity contribution in [2.24, 2.45) is 0 Å². The van der Waals surface area contributed by atoms with E-state index < -0.39 is 33.6 Å². The number of hydrogen-bond acceptors (Lipinski definition) is 5. The van der Waals surface area contributed by atoms with Crippen LogP contribution >= 0.6 is 0 Å². The molecule has 2 N–H and O–H groups in total. The lowest BCUT2D eigenvalue weighted by molar-refractivity contribution is -0.274. The number of rotatable bonds is 5. The lowest BCUT2D eigenvalue weighted by Crippen LogP contribution is -2.52. The van der Waals surface area contributed by atoms with E-state index in [4.69, 9.17) is 0 Å². The Bertz CT molecular complexity index is 1030. The van der Waals surface area contributed by atoms with E-state index >= 15 is 0 Å². The van der Waals surface area contributed by atoms with Gasteiger partial charge in [-0.15, -0.1) is 13.2 Å². The molecule has 0 aliphatic carbocycles. The molecule has 0 aromatic heterocycles. The summed E-state index contributed by atoms with van der Waals surface area (Å²) in [5.74, 6) is -1.21. The third-order valence-electron chi connectivity index (χ3n) is 4.98. The van der Waals surface area contributed by atoms with Crippen LogP contribution in [0.25, 0.3) is 0 Å². The number of nitrogens with one attached hydrogen (secondary N) is 1. The lowest BCUT2D eigenvalue weighted by Gasteiger charge is -2.36. The molecule has 11 heteroatoms. The maximum absolute atomic E-state index is 12.8. The summed E-state index contributed by atoms with van der Waals surface area (Å²) in [5, 5.41) is 13.1. The minimum absolute atomic E-state index is 0.0571. The highest BCUT2D eigenvalue weighted by molar-refractivity contribution is 7.89. The van der Waals surface area contributed by atoms with Crippen LogP contribution in [0.2, 0.25) is 0 Å². The van der Waals surface area contributed by atoms with Crippen molar-refractivity contribution in [2.45, 2.75) is 36.6 Å². The normalized spacial score (nSPS) is 17.2. The van der Waals surface area contributed by atoms with E-state index in [1.54, 1.807) is 12.1 Å². The van der Waals surface area contributed by atoms with E-state index in [-0.39, 0.29) is 36.5 Å². The number of sulfonamides is 1. The molecule has 1 saturated heterocycles. The molecule has 1 aliphatic rings. The van der Waals surface area contributed by atoms with Crippen molar-refractivity contribution in [3.8, 4) is 5.75 Å². The second kappa shape index (κ2) is 8.48. The van der Waals surface area contributed by atoms with Crippen molar-refractivity contribution in [3.05, 3.63) is 54.1 Å². The quantitative estimate of drug-likeness (QED) is 0.718. The molecule has 2 aromatic rings. The largest absolute Gasteiger partial charge is 0.573 e. The fourth-order valence-corrected chi connectivity index (χ4v) is 4.61. The number of ether oxygens (including phenoxy) is 1. The van der Waals surface area contributed by atoms with Gasteiger partial charge in [-0.05, 0) is 56.2 Å². The molecule has 0 radical (unpaired) electrons. The average molecular weight is 458 g/mol. The van der Waals surface area contributed by atoms with Gasteiger partial charge < -0.3 is 15.2 Å². The van der Waals surface area contributed by atoms with Crippen molar-refractivity contribution in [1.82, 2.24) is 4.31 Å². The minimum Gasteiger partial charge on any atom is -0.406 e. The van der Waals surface area contributed by atoms with Gasteiger partial charge in [-0.3, -0.25) is 4.79 Å². The molecule has 1 fully saturated rings. The first-order valence-corrected chi connectivity index (χ1v) is 10.8. The molecular weight excluding hydrogens is 437 g/mol. The zero-order valence-electron chi connectivity index (χ0n) is 16.5. The van der Waals surface area contributed by atoms with Crippen LogP contribution < -0.4 is 10.1 Å². The van der Waals surface area contributed by atoms with Gasteiger partial charge in [-0.1, -0.05) is 17.7 Å². The number of aryl methyl sites for hydroxylation is 1. The summed E-state index contributed by atoms with van der Waals surface area (Å²) in [6, 6.07) is 10.9. The molecule has 0 saturated carbocycles. The van der Waals surface area contributed by atoms with Gasteiger partial charge in [0.05, 0.1) is 4.90 Å². The molecule has 0 atom stereocenters. The zero-order chi connectivity index (χ0) is 22.9. The Kier molecular flexibility index (Phi) is 6.30. The minimum atomic E-state index is -4.83. The van der Waals surface area contributed by atoms with Gasteiger partial charge in [-0.2, -0.15) is 4.31 Å². The Labute approximate surface area is 177 Å². The van der Waals surface area contributed by atoms with Crippen molar-refractivity contribution in [1.29, 1.82) is 0 Å². The van der Waals surface area contributed by atoms with E-state index in [0.717, 1.165) is 17.7 Å². The van der Waals surface area contributed by atoms with Crippen LogP contribution in [0.15, 0.2) is 53.4 Å². The van der Waals surface area contributed by atoms with Crippen molar-refractivity contribution < 1.29 is 36.2 Å². The Morgan fingerprint density at radius 1 is 1.06 bits per heavy atom. The monoisotopic (exact) mass is 458 g/mol. The van der Waals surface area contributed by atoms with Crippen LogP contribution in [0.5, 0.6) is 5.75 Å². The Hall–Kier alpha value is -2.63. The molecule has 1 amide bonds. The van der Waals surface area contributed by atoms with Gasteiger partial charge in [0, 0.05) is 18.8 Å². The highest BCUT2D eigenvalue weighted by Crippen LogP contribution is 2.29. The average Bonchev–Trinajstić information content (AvgIpc) is 2.69. The summed E-state index contributed by atoms with van der Waals surface area (Å²) in [6.07, 6.45) is -5.08. The van der Waals surface area contributed by atoms with Crippen LogP contribution in [-0.4, -0.2) is 48.8 Å². The lowest BCUT2D eigenvalue weighted by atomic mass is 9.91. The van der Waals surface area contributed by atoms with Gasteiger partial charge >= 0.3 is 6.36 Å². The summed E-state index contributed by atoms with van der Waals surface area (Å²) in [5.41, 5.74) is -0.718. The number of nitrogens with zero attached hydrogens (tertiary/aromatic N) is 1. The number of halogens is 3. The van der Waals surface area contributed by atoms with E-state index in [0.29, 0.717) is 0 Å². The second-order valence-electron chi connectivity index (χ2n) is 7.28. The molecule has 0 spiro atoms. The van der Waals surface area contributed by atoms with Crippen molar-refractivity contribution in [2.75, 3.05) is 18.4 Å². The number of piperidine rings is 1. The zero-order valence-corrected chi connectivity index (χ0v) is 17.3. The van der Waals surface area contributed by atoms with E-state index in [1.165, 1.54) is 28.6 Å². The second-order valence-corrected chi connectivity index (χ2v) is 9.21. The van der Waals surface area contributed by atoms with Crippen LogP contribution in [0.1, 0.15) is 18.4 Å². The number of amides is 1. The van der Waals surface area contributed by atoms with Crippen LogP contribution in [0.3, 0.4) is 0 Å². The first kappa shape index (κ1) is 23.0. The number of hydrogen-bond donors (Lipinski definition) is 2. The van der Waals surface area contributed by atoms with Gasteiger partial charge in [-0.25, -0.2) is 8.42 Å². The predicted octanol–water partition coefficient (Wildman–Crippen LogP) is 3.05. The maximum Gasteiger partial charge on any atom is 0.573 e. The fourth-order valence-electron chi connectivity index (χ4n) is 3.17. The van der Waals surface area contributed by atoms with Gasteiger partial charge in [0.1, 0.15) is 11.4 Å². The van der Waals surface area contributed by atoms with E-state index in [1.807, 2.05) is 6.92 Å². The molecule has 0 unspecified atom stereocenters. The van der Waals surface area contributed by atoms with Crippen LogP contribution in [-0.2, 0) is 14.8 Å². The highest BCUT2D eigenvalue weighted by Gasteiger charge is 2.42. The third-order valence-corrected chi connectivity index (χ3v) is 6.89. The van der Waals surface area contributed by atoms with Gasteiger partial charge in [0.15, 0.2) is 0 Å². The number of aliphatic hydroxyl groups is 1. The first-order chi connectivity index (χ1) is 14.4. The van der Waals surface area contributed by atoms with E-state index in [9.17, 15) is 31.5 Å². The molecule has 0 bridgehead atoms. The number of alkyl halides is 3. The van der Waals surface area contributed by atoms with Crippen molar-refractivity contribution >= 4 is 21.6 Å². The third kappa shape index (κ3) is 5.54. The number of carbonyl (C=O) groups is 1. The fraction of sp³-hybridized carbons (Fsp3) is 0.350. The predicted molar refractivity (Wildman–Crippen MR) is 106 cm³/mol. The molecule has 2 aromatic carbocycles. The summed E-state index contributed by atoms with van der Waals surface area (Å²) in [6.45, 7) is 1.73. The maximum atomic E-state index is 12.8. The summed E-state index contributed by atoms with van der Waals surface area (Å²) < 4.78 is 67.1. The molecule has 168 valence electrons. The van der Waals surface area contributed by atoms with Gasteiger partial charge in [0.25, 0.3) is 5.91 Å². The Morgan fingerprint density at radius 3 is 2.13 bits per heavy atom. The molecule has 1 heterocycles. The van der Waals surface area contributed by atoms with E-state index in [2.05, 4.69) is 10.1 Å². The van der Waals surface area contributed by atoms with Crippen LogP contribution in [0, 0.1) is 6.92 Å². The first-order valence-electron chi connectivity index (χ1n) is 9.36. The summed E-state index contributed by atoms with van der Waals surface area (Å²) >= 11 is 0. The van der Waals surface area contributed by atoms with Gasteiger partial charge in [0.2, 0.25) is 10.0 Å².